The summed E-state index contributed by atoms with van der Waals surface area (Å²) >= 11 is 0. The molecule has 13 heavy (non-hydrogen) atoms. The lowest BCUT2D eigenvalue weighted by molar-refractivity contribution is 0.485. The van der Waals surface area contributed by atoms with Crippen molar-refractivity contribution in [2.45, 2.75) is 5.92 Å². The number of hydrogen-bond acceptors (Lipinski definition) is 2. The lowest BCUT2D eigenvalue weighted by atomic mass is 10.0. The molecule has 2 rings (SSSR count). The van der Waals surface area contributed by atoms with Gasteiger partial charge in [0.1, 0.15) is 5.76 Å². The smallest absolute Gasteiger partial charge is 0.113 e. The first-order valence-electron chi connectivity index (χ1n) is 4.28. The third-order valence-corrected chi connectivity index (χ3v) is 2.12. The average molecular weight is 176 g/mol. The Labute approximate surface area is 76.6 Å². The Balaban J connectivity index is 2.29. The number of rotatable bonds is 3. The maximum absolute atomic E-state index is 5.68. The lowest BCUT2D eigenvalue weighted by Gasteiger charge is -2.09. The van der Waals surface area contributed by atoms with E-state index in [0.29, 0.717) is 6.54 Å². The molecule has 0 amide bonds. The summed E-state index contributed by atoms with van der Waals surface area (Å²) in [6, 6.07) is 7.79. The van der Waals surface area contributed by atoms with Crippen molar-refractivity contribution in [2.24, 2.45) is 5.73 Å². The maximum atomic E-state index is 5.68. The molecular weight excluding hydrogens is 164 g/mol. The molecule has 0 aromatic carbocycles. The first-order chi connectivity index (χ1) is 6.42. The second-order valence-corrected chi connectivity index (χ2v) is 2.93. The molecule has 3 N–H and O–H groups in total. The summed E-state index contributed by atoms with van der Waals surface area (Å²) < 4.78 is 5.31. The van der Waals surface area contributed by atoms with Gasteiger partial charge >= 0.3 is 0 Å². The normalized spacial score (nSPS) is 13.0. The van der Waals surface area contributed by atoms with E-state index >= 15 is 0 Å². The van der Waals surface area contributed by atoms with Crippen molar-refractivity contribution in [1.82, 2.24) is 4.98 Å². The molecule has 0 aliphatic carbocycles. The van der Waals surface area contributed by atoms with Crippen LogP contribution < -0.4 is 5.73 Å². The van der Waals surface area contributed by atoms with Crippen molar-refractivity contribution >= 4 is 0 Å². The van der Waals surface area contributed by atoms with E-state index in [-0.39, 0.29) is 5.92 Å². The highest BCUT2D eigenvalue weighted by molar-refractivity contribution is 5.21. The molecule has 0 aliphatic heterocycles. The van der Waals surface area contributed by atoms with Gasteiger partial charge in [0.05, 0.1) is 12.2 Å². The van der Waals surface area contributed by atoms with Gasteiger partial charge in [-0.1, -0.05) is 0 Å². The topological polar surface area (TPSA) is 55.0 Å². The van der Waals surface area contributed by atoms with Crippen LogP contribution in [0.1, 0.15) is 17.4 Å². The van der Waals surface area contributed by atoms with Crippen LogP contribution in [-0.2, 0) is 0 Å². The summed E-state index contributed by atoms with van der Waals surface area (Å²) in [6.07, 6.45) is 3.56. The van der Waals surface area contributed by atoms with E-state index in [4.69, 9.17) is 10.2 Å². The van der Waals surface area contributed by atoms with E-state index in [1.807, 2.05) is 30.5 Å². The SMILES string of the molecule is NCC(c1ccc[nH]1)c1ccco1. The molecule has 0 radical (unpaired) electrons. The van der Waals surface area contributed by atoms with Gasteiger partial charge in [-0.05, 0) is 24.3 Å². The highest BCUT2D eigenvalue weighted by Crippen LogP contribution is 2.21. The van der Waals surface area contributed by atoms with Crippen molar-refractivity contribution in [2.75, 3.05) is 6.54 Å². The Morgan fingerprint density at radius 2 is 2.31 bits per heavy atom. The number of nitrogens with one attached hydrogen (secondary N) is 1. The molecule has 0 saturated carbocycles. The molecule has 2 aromatic heterocycles. The van der Waals surface area contributed by atoms with Gasteiger partial charge < -0.3 is 15.1 Å². The fourth-order valence-electron chi connectivity index (χ4n) is 1.45. The molecule has 1 atom stereocenters. The van der Waals surface area contributed by atoms with Crippen LogP contribution in [0.2, 0.25) is 0 Å². The quantitative estimate of drug-likeness (QED) is 0.747. The van der Waals surface area contributed by atoms with E-state index < -0.39 is 0 Å². The second kappa shape index (κ2) is 3.49. The zero-order chi connectivity index (χ0) is 9.10. The Bertz CT molecular complexity index is 303. The lowest BCUT2D eigenvalue weighted by Crippen LogP contribution is -2.13. The van der Waals surface area contributed by atoms with Gasteiger partial charge in [-0.2, -0.15) is 0 Å². The molecule has 0 fully saturated rings. The van der Waals surface area contributed by atoms with Crippen molar-refractivity contribution in [1.29, 1.82) is 0 Å². The predicted octanol–water partition coefficient (Wildman–Crippen LogP) is 1.70. The molecular formula is C10H12N2O. The van der Waals surface area contributed by atoms with Crippen LogP contribution in [0.25, 0.3) is 0 Å². The van der Waals surface area contributed by atoms with Crippen LogP contribution in [0, 0.1) is 0 Å². The summed E-state index contributed by atoms with van der Waals surface area (Å²) in [6.45, 7) is 0.550. The monoisotopic (exact) mass is 176 g/mol. The summed E-state index contributed by atoms with van der Waals surface area (Å²) in [5.41, 5.74) is 6.77. The molecule has 68 valence electrons. The Morgan fingerprint density at radius 1 is 1.38 bits per heavy atom. The van der Waals surface area contributed by atoms with Crippen LogP contribution in [0.3, 0.4) is 0 Å². The Hall–Kier alpha value is -1.48. The first kappa shape index (κ1) is 8.13. The van der Waals surface area contributed by atoms with Gasteiger partial charge in [-0.15, -0.1) is 0 Å². The molecule has 0 bridgehead atoms. The summed E-state index contributed by atoms with van der Waals surface area (Å²) in [7, 11) is 0. The summed E-state index contributed by atoms with van der Waals surface area (Å²) in [4.78, 5) is 3.14. The number of H-pyrrole nitrogens is 1. The molecule has 0 aliphatic rings. The van der Waals surface area contributed by atoms with E-state index in [9.17, 15) is 0 Å². The van der Waals surface area contributed by atoms with Gasteiger partial charge in [0.15, 0.2) is 0 Å². The minimum atomic E-state index is 0.144. The van der Waals surface area contributed by atoms with Crippen LogP contribution in [0.5, 0.6) is 0 Å². The second-order valence-electron chi connectivity index (χ2n) is 2.93. The molecule has 3 nitrogen and oxygen atoms in total. The standard InChI is InChI=1S/C10H12N2O/c11-7-8(9-3-1-5-12-9)10-4-2-6-13-10/h1-6,8,12H,7,11H2. The minimum Gasteiger partial charge on any atom is -0.469 e. The number of aromatic amines is 1. The van der Waals surface area contributed by atoms with Gasteiger partial charge in [0.2, 0.25) is 0 Å². The van der Waals surface area contributed by atoms with Crippen LogP contribution >= 0.6 is 0 Å². The zero-order valence-electron chi connectivity index (χ0n) is 7.23. The van der Waals surface area contributed by atoms with Crippen molar-refractivity contribution < 1.29 is 4.42 Å². The summed E-state index contributed by atoms with van der Waals surface area (Å²) in [5.74, 6) is 1.05. The highest BCUT2D eigenvalue weighted by Gasteiger charge is 2.15. The van der Waals surface area contributed by atoms with E-state index in [2.05, 4.69) is 4.98 Å². The third kappa shape index (κ3) is 1.51. The van der Waals surface area contributed by atoms with Gasteiger partial charge in [-0.25, -0.2) is 0 Å². The van der Waals surface area contributed by atoms with E-state index in [0.717, 1.165) is 11.5 Å². The van der Waals surface area contributed by atoms with Gasteiger partial charge in [-0.3, -0.25) is 0 Å². The average Bonchev–Trinajstić information content (AvgIpc) is 2.76. The number of nitrogens with two attached hydrogens (primary N) is 1. The van der Waals surface area contributed by atoms with E-state index in [1.165, 1.54) is 0 Å². The van der Waals surface area contributed by atoms with Gasteiger partial charge in [0.25, 0.3) is 0 Å². The first-order valence-corrected chi connectivity index (χ1v) is 4.28. The predicted molar refractivity (Wildman–Crippen MR) is 50.4 cm³/mol. The fourth-order valence-corrected chi connectivity index (χ4v) is 1.45. The highest BCUT2D eigenvalue weighted by atomic mass is 16.3. The fraction of sp³-hybridized carbons (Fsp3) is 0.200. The van der Waals surface area contributed by atoms with Gasteiger partial charge in [0, 0.05) is 18.4 Å². The van der Waals surface area contributed by atoms with Crippen molar-refractivity contribution in [3.05, 3.63) is 48.2 Å². The Morgan fingerprint density at radius 3 is 2.85 bits per heavy atom. The molecule has 2 aromatic rings. The van der Waals surface area contributed by atoms with Crippen molar-refractivity contribution in [3.8, 4) is 0 Å². The Kier molecular flexibility index (Phi) is 2.19. The number of furan rings is 1. The van der Waals surface area contributed by atoms with Crippen molar-refractivity contribution in [3.63, 3.8) is 0 Å². The molecule has 1 unspecified atom stereocenters. The molecule has 0 saturated heterocycles. The summed E-state index contributed by atoms with van der Waals surface area (Å²) in [5, 5.41) is 0. The number of hydrogen-bond donors (Lipinski definition) is 2. The molecule has 2 heterocycles. The maximum Gasteiger partial charge on any atom is 0.113 e. The van der Waals surface area contributed by atoms with Crippen LogP contribution in [0.4, 0.5) is 0 Å². The number of aromatic nitrogens is 1. The minimum absolute atomic E-state index is 0.144. The third-order valence-electron chi connectivity index (χ3n) is 2.12. The molecule has 0 spiro atoms. The largest absolute Gasteiger partial charge is 0.469 e. The van der Waals surface area contributed by atoms with E-state index in [1.54, 1.807) is 6.26 Å². The van der Waals surface area contributed by atoms with Crippen LogP contribution in [-0.4, -0.2) is 11.5 Å². The molecule has 3 heteroatoms. The van der Waals surface area contributed by atoms with Crippen LogP contribution in [0.15, 0.2) is 41.1 Å². The zero-order valence-corrected chi connectivity index (χ0v) is 7.23.